The van der Waals surface area contributed by atoms with Gasteiger partial charge in [-0.15, -0.1) is 0 Å². The number of aliphatic carboxylic acids is 1. The molecule has 25 heavy (non-hydrogen) atoms. The molecule has 1 aromatic rings. The van der Waals surface area contributed by atoms with E-state index in [0.717, 1.165) is 31.7 Å². The van der Waals surface area contributed by atoms with Crippen LogP contribution in [0, 0.1) is 0 Å². The third-order valence-electron chi connectivity index (χ3n) is 2.98. The first-order valence-electron chi connectivity index (χ1n) is 8.04. The molecule has 0 radical (unpaired) electrons. The van der Waals surface area contributed by atoms with Gasteiger partial charge < -0.3 is 10.0 Å². The number of carboxylic acids is 1. The lowest BCUT2D eigenvalue weighted by atomic mass is 10.1. The van der Waals surface area contributed by atoms with E-state index in [1.807, 2.05) is 11.8 Å². The van der Waals surface area contributed by atoms with Crippen LogP contribution in [-0.2, 0) is 11.2 Å². The van der Waals surface area contributed by atoms with Crippen molar-refractivity contribution in [3.8, 4) is 0 Å². The zero-order chi connectivity index (χ0) is 19.4. The summed E-state index contributed by atoms with van der Waals surface area (Å²) in [6, 6.07) is 3.05. The van der Waals surface area contributed by atoms with Gasteiger partial charge in [-0.25, -0.2) is 0 Å². The summed E-state index contributed by atoms with van der Waals surface area (Å²) in [4.78, 5) is 23.8. The van der Waals surface area contributed by atoms with Crippen molar-refractivity contribution in [2.24, 2.45) is 0 Å². The fourth-order valence-corrected chi connectivity index (χ4v) is 3.22. The second kappa shape index (κ2) is 13.6. The van der Waals surface area contributed by atoms with Crippen LogP contribution in [0.5, 0.6) is 0 Å². The van der Waals surface area contributed by atoms with Crippen LogP contribution >= 0.6 is 46.6 Å². The van der Waals surface area contributed by atoms with Crippen molar-refractivity contribution < 1.29 is 14.7 Å². The molecule has 0 atom stereocenters. The van der Waals surface area contributed by atoms with Crippen LogP contribution in [0.15, 0.2) is 12.1 Å². The van der Waals surface area contributed by atoms with Crippen LogP contribution in [0.1, 0.15) is 39.2 Å². The number of hydrogen-bond acceptors (Lipinski definition) is 3. The molecule has 0 bridgehead atoms. The SMILES string of the molecule is CCCN(CCC)C(=O)SCC.O=C(O)Cc1c(Cl)ccc(Cl)c1Cl. The van der Waals surface area contributed by atoms with E-state index in [2.05, 4.69) is 13.8 Å². The second-order valence-corrected chi connectivity index (χ2v) is 7.49. The summed E-state index contributed by atoms with van der Waals surface area (Å²) >= 11 is 18.6. The third kappa shape index (κ3) is 9.59. The minimum absolute atomic E-state index is 0.205. The molecule has 1 N–H and O–H groups in total. The van der Waals surface area contributed by atoms with E-state index >= 15 is 0 Å². The predicted molar refractivity (Wildman–Crippen MR) is 108 cm³/mol. The van der Waals surface area contributed by atoms with Crippen molar-refractivity contribution in [3.05, 3.63) is 32.8 Å². The van der Waals surface area contributed by atoms with Crippen molar-refractivity contribution in [1.29, 1.82) is 0 Å². The average molecular weight is 429 g/mol. The summed E-state index contributed by atoms with van der Waals surface area (Å²) in [5, 5.41) is 9.61. The molecule has 0 aliphatic rings. The summed E-state index contributed by atoms with van der Waals surface area (Å²) in [6.07, 6.45) is 1.88. The topological polar surface area (TPSA) is 57.6 Å². The Morgan fingerprint density at radius 2 is 1.56 bits per heavy atom. The Labute approximate surface area is 168 Å². The molecule has 1 amide bonds. The fourth-order valence-electron chi connectivity index (χ4n) is 1.93. The van der Waals surface area contributed by atoms with E-state index < -0.39 is 5.97 Å². The van der Waals surface area contributed by atoms with Gasteiger partial charge in [-0.2, -0.15) is 0 Å². The van der Waals surface area contributed by atoms with Crippen LogP contribution in [0.25, 0.3) is 0 Å². The molecule has 1 aromatic carbocycles. The number of halogens is 3. The van der Waals surface area contributed by atoms with Gasteiger partial charge in [0.25, 0.3) is 5.24 Å². The van der Waals surface area contributed by atoms with Crippen molar-refractivity contribution in [1.82, 2.24) is 4.90 Å². The molecule has 142 valence electrons. The van der Waals surface area contributed by atoms with Crippen LogP contribution in [0.4, 0.5) is 4.79 Å². The number of carboxylic acid groups (broad SMARTS) is 1. The maximum Gasteiger partial charge on any atom is 0.307 e. The van der Waals surface area contributed by atoms with Crippen molar-refractivity contribution in [3.63, 3.8) is 0 Å². The molecule has 8 heteroatoms. The van der Waals surface area contributed by atoms with Gasteiger partial charge in [-0.3, -0.25) is 9.59 Å². The van der Waals surface area contributed by atoms with E-state index in [9.17, 15) is 9.59 Å². The number of carbonyl (C=O) groups is 2. The van der Waals surface area contributed by atoms with E-state index in [0.29, 0.717) is 15.6 Å². The summed E-state index contributed by atoms with van der Waals surface area (Å²) in [6.45, 7) is 8.02. The Kier molecular flexibility index (Phi) is 13.2. The molecular formula is C17H24Cl3NO3S. The van der Waals surface area contributed by atoms with Crippen LogP contribution < -0.4 is 0 Å². The zero-order valence-corrected chi connectivity index (χ0v) is 17.7. The van der Waals surface area contributed by atoms with Crippen LogP contribution in [0.3, 0.4) is 0 Å². The first-order chi connectivity index (χ1) is 11.8. The van der Waals surface area contributed by atoms with Crippen molar-refractivity contribution in [2.45, 2.75) is 40.0 Å². The lowest BCUT2D eigenvalue weighted by Gasteiger charge is -2.20. The largest absolute Gasteiger partial charge is 0.481 e. The number of amides is 1. The van der Waals surface area contributed by atoms with Gasteiger partial charge in [-0.1, -0.05) is 67.3 Å². The standard InChI is InChI=1S/C9H19NOS.C8H5Cl3O2/c1-4-7-10(8-5-2)9(11)12-6-3;9-5-1-2-6(10)8(11)4(5)3-7(12)13/h4-8H2,1-3H3;1-2H,3H2,(H,12,13). The van der Waals surface area contributed by atoms with E-state index in [4.69, 9.17) is 39.9 Å². The number of nitrogens with zero attached hydrogens (tertiary/aromatic N) is 1. The highest BCUT2D eigenvalue weighted by atomic mass is 35.5. The molecule has 0 aliphatic carbocycles. The molecule has 0 aliphatic heterocycles. The Morgan fingerprint density at radius 1 is 1.04 bits per heavy atom. The quantitative estimate of drug-likeness (QED) is 0.521. The van der Waals surface area contributed by atoms with Gasteiger partial charge in [0, 0.05) is 23.7 Å². The van der Waals surface area contributed by atoms with Gasteiger partial charge in [0.15, 0.2) is 0 Å². The van der Waals surface area contributed by atoms with E-state index in [1.54, 1.807) is 0 Å². The number of hydrogen-bond donors (Lipinski definition) is 1. The molecular weight excluding hydrogens is 405 g/mol. The lowest BCUT2D eigenvalue weighted by Crippen LogP contribution is -2.29. The third-order valence-corrected chi connectivity index (χ3v) is 4.97. The number of rotatable bonds is 7. The average Bonchev–Trinajstić information content (AvgIpc) is 2.55. The molecule has 0 saturated carbocycles. The van der Waals surface area contributed by atoms with E-state index in [-0.39, 0.29) is 16.7 Å². The molecule has 0 spiro atoms. The lowest BCUT2D eigenvalue weighted by molar-refractivity contribution is -0.136. The molecule has 0 fully saturated rings. The van der Waals surface area contributed by atoms with Gasteiger partial charge in [-0.05, 0) is 30.7 Å². The molecule has 0 saturated heterocycles. The van der Waals surface area contributed by atoms with Crippen molar-refractivity contribution in [2.75, 3.05) is 18.8 Å². The summed E-state index contributed by atoms with van der Waals surface area (Å²) in [7, 11) is 0. The van der Waals surface area contributed by atoms with Gasteiger partial charge >= 0.3 is 5.97 Å². The molecule has 1 rings (SSSR count). The molecule has 4 nitrogen and oxygen atoms in total. The van der Waals surface area contributed by atoms with Gasteiger partial charge in [0.2, 0.25) is 0 Å². The Balaban J connectivity index is 0.000000463. The Bertz CT molecular complexity index is 564. The first-order valence-corrected chi connectivity index (χ1v) is 10.2. The normalized spacial score (nSPS) is 10.0. The first kappa shape index (κ1) is 24.4. The Morgan fingerprint density at radius 3 is 2.00 bits per heavy atom. The minimum atomic E-state index is -0.994. The van der Waals surface area contributed by atoms with E-state index in [1.165, 1.54) is 23.9 Å². The highest BCUT2D eigenvalue weighted by molar-refractivity contribution is 8.13. The van der Waals surface area contributed by atoms with Gasteiger partial charge in [0.1, 0.15) is 0 Å². The number of benzene rings is 1. The molecule has 0 heterocycles. The highest BCUT2D eigenvalue weighted by Crippen LogP contribution is 2.31. The van der Waals surface area contributed by atoms with Gasteiger partial charge in [0.05, 0.1) is 16.5 Å². The Hall–Kier alpha value is -0.620. The minimum Gasteiger partial charge on any atom is -0.481 e. The zero-order valence-electron chi connectivity index (χ0n) is 14.7. The maximum absolute atomic E-state index is 11.4. The smallest absolute Gasteiger partial charge is 0.307 e. The summed E-state index contributed by atoms with van der Waals surface area (Å²) < 4.78 is 0. The summed E-state index contributed by atoms with van der Waals surface area (Å²) in [5.74, 6) is -0.117. The van der Waals surface area contributed by atoms with Crippen LogP contribution in [0.2, 0.25) is 15.1 Å². The summed E-state index contributed by atoms with van der Waals surface area (Å²) in [5.41, 5.74) is 0.350. The van der Waals surface area contributed by atoms with Crippen LogP contribution in [-0.4, -0.2) is 40.1 Å². The number of thioether (sulfide) groups is 1. The monoisotopic (exact) mass is 427 g/mol. The molecule has 0 unspecified atom stereocenters. The predicted octanol–water partition coefficient (Wildman–Crippen LogP) is 6.26. The fraction of sp³-hybridized carbons (Fsp3) is 0.529. The second-order valence-electron chi connectivity index (χ2n) is 5.08. The molecule has 0 aromatic heterocycles. The maximum atomic E-state index is 11.4. The highest BCUT2D eigenvalue weighted by Gasteiger charge is 2.12. The number of carbonyl (C=O) groups excluding carboxylic acids is 1. The van der Waals surface area contributed by atoms with Crippen molar-refractivity contribution >= 4 is 57.8 Å².